The van der Waals surface area contributed by atoms with Gasteiger partial charge in [0.1, 0.15) is 0 Å². The number of nitrogens with zero attached hydrogens (tertiary/aromatic N) is 1. The highest BCUT2D eigenvalue weighted by molar-refractivity contribution is 7.09. The lowest BCUT2D eigenvalue weighted by molar-refractivity contribution is -0.117. The monoisotopic (exact) mass is 346 g/mol. The lowest BCUT2D eigenvalue weighted by atomic mass is 10.2. The minimum absolute atomic E-state index is 0.119. The van der Waals surface area contributed by atoms with Gasteiger partial charge in [-0.2, -0.15) is 0 Å². The number of benzene rings is 1. The van der Waals surface area contributed by atoms with Gasteiger partial charge in [0.05, 0.1) is 17.2 Å². The summed E-state index contributed by atoms with van der Waals surface area (Å²) in [7, 11) is 0. The molecule has 1 aromatic heterocycles. The van der Waals surface area contributed by atoms with E-state index in [0.717, 1.165) is 10.7 Å². The number of amides is 3. The van der Waals surface area contributed by atoms with Crippen LogP contribution in [0.5, 0.6) is 0 Å². The molecule has 2 aromatic rings. The van der Waals surface area contributed by atoms with Gasteiger partial charge in [-0.05, 0) is 37.6 Å². The van der Waals surface area contributed by atoms with Gasteiger partial charge < -0.3 is 16.4 Å². The molecule has 0 saturated carbocycles. The summed E-state index contributed by atoms with van der Waals surface area (Å²) in [6, 6.07) is 6.39. The number of carbonyl (C=O) groups is 3. The third kappa shape index (κ3) is 5.47. The van der Waals surface area contributed by atoms with E-state index in [1.807, 2.05) is 12.3 Å². The van der Waals surface area contributed by atoms with Crippen LogP contribution in [0.1, 0.15) is 27.5 Å². The molecule has 0 radical (unpaired) electrons. The normalized spacial score (nSPS) is 10.2. The fraction of sp³-hybridized carbons (Fsp3) is 0.250. The smallest absolute Gasteiger partial charge is 0.251 e. The fourth-order valence-corrected chi connectivity index (χ4v) is 2.61. The molecule has 0 unspecified atom stereocenters. The minimum Gasteiger partial charge on any atom is -0.368 e. The number of hydrogen-bond donors (Lipinski definition) is 3. The highest BCUT2D eigenvalue weighted by Crippen LogP contribution is 2.12. The Bertz CT molecular complexity index is 740. The van der Waals surface area contributed by atoms with Crippen molar-refractivity contribution in [2.75, 3.05) is 11.9 Å². The van der Waals surface area contributed by atoms with Gasteiger partial charge >= 0.3 is 0 Å². The van der Waals surface area contributed by atoms with E-state index >= 15 is 0 Å². The molecular formula is C16H18N4O3S. The lowest BCUT2D eigenvalue weighted by Gasteiger charge is -2.06. The summed E-state index contributed by atoms with van der Waals surface area (Å²) in [4.78, 5) is 38.6. The standard InChI is InChI=1S/C16H18N4O3S/c1-10-19-13(9-24-10)6-7-15(22)20-12-4-2-11(3-5-12)16(23)18-8-14(17)21/h2-5,9H,6-8H2,1H3,(H2,17,21)(H,18,23)(H,20,22). The Hall–Kier alpha value is -2.74. The van der Waals surface area contributed by atoms with Crippen LogP contribution in [0.25, 0.3) is 0 Å². The summed E-state index contributed by atoms with van der Waals surface area (Å²) >= 11 is 1.56. The van der Waals surface area contributed by atoms with Crippen LogP contribution in [0.4, 0.5) is 5.69 Å². The van der Waals surface area contributed by atoms with Crippen molar-refractivity contribution in [3.8, 4) is 0 Å². The van der Waals surface area contributed by atoms with Crippen LogP contribution in [-0.4, -0.2) is 29.3 Å². The molecule has 1 aromatic carbocycles. The third-order valence-electron chi connectivity index (χ3n) is 3.13. The van der Waals surface area contributed by atoms with Crippen molar-refractivity contribution in [1.29, 1.82) is 0 Å². The molecular weight excluding hydrogens is 328 g/mol. The van der Waals surface area contributed by atoms with Gasteiger partial charge in [-0.15, -0.1) is 11.3 Å². The average molecular weight is 346 g/mol. The first-order valence-electron chi connectivity index (χ1n) is 7.31. The van der Waals surface area contributed by atoms with Crippen molar-refractivity contribution in [1.82, 2.24) is 10.3 Å². The molecule has 1 heterocycles. The van der Waals surface area contributed by atoms with Crippen molar-refractivity contribution in [2.24, 2.45) is 5.73 Å². The predicted molar refractivity (Wildman–Crippen MR) is 91.8 cm³/mol. The summed E-state index contributed by atoms with van der Waals surface area (Å²) < 4.78 is 0. The van der Waals surface area contributed by atoms with Crippen molar-refractivity contribution >= 4 is 34.7 Å². The maximum Gasteiger partial charge on any atom is 0.251 e. The molecule has 126 valence electrons. The number of primary amides is 1. The Morgan fingerprint density at radius 1 is 1.21 bits per heavy atom. The van der Waals surface area contributed by atoms with Crippen molar-refractivity contribution < 1.29 is 14.4 Å². The summed E-state index contributed by atoms with van der Waals surface area (Å²) in [6.45, 7) is 1.71. The number of carbonyl (C=O) groups excluding carboxylic acids is 3. The molecule has 24 heavy (non-hydrogen) atoms. The van der Waals surface area contributed by atoms with Gasteiger partial charge in [0.15, 0.2) is 0 Å². The van der Waals surface area contributed by atoms with Crippen LogP contribution in [0.2, 0.25) is 0 Å². The topological polar surface area (TPSA) is 114 Å². The molecule has 3 amide bonds. The SMILES string of the molecule is Cc1nc(CCC(=O)Nc2ccc(C(=O)NCC(N)=O)cc2)cs1. The third-order valence-corrected chi connectivity index (χ3v) is 3.95. The van der Waals surface area contributed by atoms with Crippen LogP contribution in [0, 0.1) is 6.92 Å². The van der Waals surface area contributed by atoms with E-state index in [1.165, 1.54) is 0 Å². The van der Waals surface area contributed by atoms with Crippen LogP contribution in [-0.2, 0) is 16.0 Å². The second-order valence-corrected chi connectivity index (χ2v) is 6.19. The summed E-state index contributed by atoms with van der Waals surface area (Å²) in [5.74, 6) is -1.13. The van der Waals surface area contributed by atoms with E-state index < -0.39 is 11.8 Å². The second-order valence-electron chi connectivity index (χ2n) is 5.13. The first kappa shape index (κ1) is 17.6. The van der Waals surface area contributed by atoms with Gasteiger partial charge in [0.2, 0.25) is 11.8 Å². The molecule has 7 nitrogen and oxygen atoms in total. The van der Waals surface area contributed by atoms with Crippen molar-refractivity contribution in [3.05, 3.63) is 45.9 Å². The van der Waals surface area contributed by atoms with Gasteiger partial charge in [0.25, 0.3) is 5.91 Å². The quantitative estimate of drug-likeness (QED) is 0.699. The summed E-state index contributed by atoms with van der Waals surface area (Å²) in [5.41, 5.74) is 6.86. The Balaban J connectivity index is 1.83. The molecule has 0 aliphatic rings. The number of aromatic nitrogens is 1. The number of anilines is 1. The van der Waals surface area contributed by atoms with Gasteiger partial charge in [-0.1, -0.05) is 0 Å². The Morgan fingerprint density at radius 3 is 2.50 bits per heavy atom. The van der Waals surface area contributed by atoms with Crippen LogP contribution in [0.3, 0.4) is 0 Å². The Kier molecular flexibility index (Phi) is 6.02. The molecule has 2 rings (SSSR count). The Labute approximate surface area is 143 Å². The van der Waals surface area contributed by atoms with Crippen molar-refractivity contribution in [3.63, 3.8) is 0 Å². The predicted octanol–water partition coefficient (Wildman–Crippen LogP) is 1.24. The summed E-state index contributed by atoms with van der Waals surface area (Å²) in [5, 5.41) is 8.09. The largest absolute Gasteiger partial charge is 0.368 e. The van der Waals surface area contributed by atoms with Gasteiger partial charge in [-0.25, -0.2) is 4.98 Å². The number of nitrogens with two attached hydrogens (primary N) is 1. The first-order valence-corrected chi connectivity index (χ1v) is 8.19. The highest BCUT2D eigenvalue weighted by Gasteiger charge is 2.08. The van der Waals surface area contributed by atoms with Gasteiger partial charge in [0, 0.05) is 23.1 Å². The highest BCUT2D eigenvalue weighted by atomic mass is 32.1. The second kappa shape index (κ2) is 8.21. The molecule has 0 fully saturated rings. The zero-order chi connectivity index (χ0) is 17.5. The number of rotatable bonds is 7. The zero-order valence-electron chi connectivity index (χ0n) is 13.2. The number of nitrogens with one attached hydrogen (secondary N) is 2. The molecule has 4 N–H and O–H groups in total. The first-order chi connectivity index (χ1) is 11.4. The maximum atomic E-state index is 11.9. The van der Waals surface area contributed by atoms with E-state index in [9.17, 15) is 14.4 Å². The van der Waals surface area contributed by atoms with Gasteiger partial charge in [-0.3, -0.25) is 14.4 Å². The molecule has 8 heteroatoms. The molecule has 0 atom stereocenters. The van der Waals surface area contributed by atoms with Crippen LogP contribution >= 0.6 is 11.3 Å². The van der Waals surface area contributed by atoms with E-state index in [-0.39, 0.29) is 12.5 Å². The molecule has 0 aliphatic carbocycles. The number of aryl methyl sites for hydroxylation is 2. The maximum absolute atomic E-state index is 11.9. The zero-order valence-corrected chi connectivity index (χ0v) is 14.0. The lowest BCUT2D eigenvalue weighted by Crippen LogP contribution is -2.33. The van der Waals surface area contributed by atoms with E-state index in [2.05, 4.69) is 15.6 Å². The van der Waals surface area contributed by atoms with E-state index in [4.69, 9.17) is 5.73 Å². The van der Waals surface area contributed by atoms with E-state index in [0.29, 0.717) is 24.1 Å². The molecule has 0 spiro atoms. The number of thiazole rings is 1. The summed E-state index contributed by atoms with van der Waals surface area (Å²) in [6.07, 6.45) is 0.924. The Morgan fingerprint density at radius 2 is 1.92 bits per heavy atom. The molecule has 0 saturated heterocycles. The van der Waals surface area contributed by atoms with Crippen LogP contribution < -0.4 is 16.4 Å². The minimum atomic E-state index is -0.609. The fourth-order valence-electron chi connectivity index (χ4n) is 1.96. The van der Waals surface area contributed by atoms with Crippen LogP contribution in [0.15, 0.2) is 29.6 Å². The number of hydrogen-bond acceptors (Lipinski definition) is 5. The van der Waals surface area contributed by atoms with E-state index in [1.54, 1.807) is 35.6 Å². The molecule has 0 aliphatic heterocycles. The molecule has 0 bridgehead atoms. The average Bonchev–Trinajstić information content (AvgIpc) is 2.97. The van der Waals surface area contributed by atoms with Crippen molar-refractivity contribution in [2.45, 2.75) is 19.8 Å².